The molecule has 0 bridgehead atoms. The Morgan fingerprint density at radius 2 is 1.59 bits per heavy atom. The molecule has 0 unspecified atom stereocenters. The first kappa shape index (κ1) is 20.5. The van der Waals surface area contributed by atoms with Gasteiger partial charge in [0.05, 0.1) is 11.1 Å². The number of amides is 3. The Morgan fingerprint density at radius 1 is 0.966 bits per heavy atom. The molecule has 7 nitrogen and oxygen atoms in total. The maximum absolute atomic E-state index is 12.3. The molecule has 3 rings (SSSR count). The fraction of sp³-hybridized carbons (Fsp3) is 0.238. The number of anilines is 1. The minimum atomic E-state index is -0.557. The van der Waals surface area contributed by atoms with Crippen LogP contribution in [-0.2, 0) is 11.2 Å². The number of nitrogens with one attached hydrogen (secondary N) is 3. The van der Waals surface area contributed by atoms with Crippen molar-refractivity contribution in [2.45, 2.75) is 26.2 Å². The van der Waals surface area contributed by atoms with Crippen LogP contribution in [0.25, 0.3) is 0 Å². The Hall–Kier alpha value is -3.26. The average Bonchev–Trinajstić information content (AvgIpc) is 2.97. The van der Waals surface area contributed by atoms with Crippen LogP contribution in [0.15, 0.2) is 48.5 Å². The van der Waals surface area contributed by atoms with E-state index >= 15 is 0 Å². The second kappa shape index (κ2) is 9.29. The fourth-order valence-corrected chi connectivity index (χ4v) is 3.16. The van der Waals surface area contributed by atoms with Crippen LogP contribution < -0.4 is 16.2 Å². The topological polar surface area (TPSA) is 90.5 Å². The first-order chi connectivity index (χ1) is 14.0. The molecule has 0 radical (unpaired) electrons. The quantitative estimate of drug-likeness (QED) is 0.385. The number of rotatable bonds is 6. The molecule has 0 saturated heterocycles. The van der Waals surface area contributed by atoms with Crippen molar-refractivity contribution in [3.8, 4) is 0 Å². The van der Waals surface area contributed by atoms with Gasteiger partial charge in [-0.05, 0) is 54.9 Å². The standard InChI is InChI=1S/C21H22N4O3S/c1-2-3-6-14-9-11-15(12-10-14)22-21(29)24-23-18(26)13-25-19(27)16-7-4-5-8-17(16)20(25)28/h4-5,7-12H,2-3,6,13H2,1H3,(H,23,26)(H2,22,24,29). The summed E-state index contributed by atoms with van der Waals surface area (Å²) in [5, 5.41) is 3.16. The lowest BCUT2D eigenvalue weighted by Gasteiger charge is -2.15. The summed E-state index contributed by atoms with van der Waals surface area (Å²) in [6.07, 6.45) is 3.33. The van der Waals surface area contributed by atoms with Gasteiger partial charge < -0.3 is 5.32 Å². The van der Waals surface area contributed by atoms with Crippen molar-refractivity contribution >= 4 is 40.7 Å². The van der Waals surface area contributed by atoms with Gasteiger partial charge in [-0.1, -0.05) is 37.6 Å². The maximum Gasteiger partial charge on any atom is 0.262 e. The van der Waals surface area contributed by atoms with Crippen molar-refractivity contribution in [2.75, 3.05) is 11.9 Å². The van der Waals surface area contributed by atoms with Crippen molar-refractivity contribution in [3.05, 3.63) is 65.2 Å². The Bertz CT molecular complexity index is 908. The molecule has 0 atom stereocenters. The van der Waals surface area contributed by atoms with Gasteiger partial charge in [0, 0.05) is 5.69 Å². The summed E-state index contributed by atoms with van der Waals surface area (Å²) in [5.74, 6) is -1.52. The van der Waals surface area contributed by atoms with Crippen molar-refractivity contribution < 1.29 is 14.4 Å². The molecule has 1 heterocycles. The monoisotopic (exact) mass is 410 g/mol. The average molecular weight is 410 g/mol. The SMILES string of the molecule is CCCCc1ccc(NC(=S)NNC(=O)CN2C(=O)c3ccccc3C2=O)cc1. The number of hydrogen-bond acceptors (Lipinski definition) is 4. The second-order valence-electron chi connectivity index (χ2n) is 6.67. The zero-order chi connectivity index (χ0) is 20.8. The Labute approximate surface area is 174 Å². The largest absolute Gasteiger partial charge is 0.331 e. The van der Waals surface area contributed by atoms with Crippen LogP contribution in [0.5, 0.6) is 0 Å². The van der Waals surface area contributed by atoms with E-state index < -0.39 is 24.3 Å². The first-order valence-electron chi connectivity index (χ1n) is 9.39. The minimum Gasteiger partial charge on any atom is -0.331 e. The normalized spacial score (nSPS) is 12.5. The zero-order valence-electron chi connectivity index (χ0n) is 16.0. The predicted octanol–water partition coefficient (Wildman–Crippen LogP) is 2.64. The number of fused-ring (bicyclic) bond motifs is 1. The third kappa shape index (κ3) is 4.97. The van der Waals surface area contributed by atoms with Gasteiger partial charge in [0.15, 0.2) is 5.11 Å². The third-order valence-electron chi connectivity index (χ3n) is 4.53. The Kier molecular flexibility index (Phi) is 6.56. The van der Waals surface area contributed by atoms with E-state index in [-0.39, 0.29) is 5.11 Å². The third-order valence-corrected chi connectivity index (χ3v) is 4.73. The lowest BCUT2D eigenvalue weighted by molar-refractivity contribution is -0.121. The Balaban J connectivity index is 1.47. The molecule has 150 valence electrons. The lowest BCUT2D eigenvalue weighted by atomic mass is 10.1. The molecule has 29 heavy (non-hydrogen) atoms. The number of hydrazine groups is 1. The molecule has 0 aromatic heterocycles. The molecule has 0 fully saturated rings. The van der Waals surface area contributed by atoms with E-state index in [2.05, 4.69) is 23.1 Å². The number of hydrogen-bond donors (Lipinski definition) is 3. The molecule has 3 N–H and O–H groups in total. The minimum absolute atomic E-state index is 0.196. The molecule has 0 spiro atoms. The van der Waals surface area contributed by atoms with Crippen LogP contribution >= 0.6 is 12.2 Å². The number of carbonyl (C=O) groups excluding carboxylic acids is 3. The van der Waals surface area contributed by atoms with Gasteiger partial charge in [0.25, 0.3) is 17.7 Å². The highest BCUT2D eigenvalue weighted by molar-refractivity contribution is 7.80. The lowest BCUT2D eigenvalue weighted by Crippen LogP contribution is -2.48. The zero-order valence-corrected chi connectivity index (χ0v) is 16.8. The van der Waals surface area contributed by atoms with Crippen LogP contribution in [-0.4, -0.2) is 34.3 Å². The highest BCUT2D eigenvalue weighted by atomic mass is 32.1. The van der Waals surface area contributed by atoms with Gasteiger partial charge in [-0.25, -0.2) is 0 Å². The smallest absolute Gasteiger partial charge is 0.262 e. The van der Waals surface area contributed by atoms with E-state index in [1.165, 1.54) is 5.56 Å². The van der Waals surface area contributed by atoms with Gasteiger partial charge in [-0.2, -0.15) is 0 Å². The van der Waals surface area contributed by atoms with Gasteiger partial charge in [0.1, 0.15) is 6.54 Å². The molecule has 0 aliphatic carbocycles. The van der Waals surface area contributed by atoms with E-state index in [1.807, 2.05) is 24.3 Å². The molecule has 3 amide bonds. The van der Waals surface area contributed by atoms with Crippen molar-refractivity contribution in [1.82, 2.24) is 15.8 Å². The van der Waals surface area contributed by atoms with Gasteiger partial charge in [-0.15, -0.1) is 0 Å². The molecule has 8 heteroatoms. The summed E-state index contributed by atoms with van der Waals surface area (Å²) in [4.78, 5) is 37.6. The summed E-state index contributed by atoms with van der Waals surface area (Å²) in [6.45, 7) is 1.76. The highest BCUT2D eigenvalue weighted by Gasteiger charge is 2.36. The van der Waals surface area contributed by atoms with E-state index in [0.717, 1.165) is 29.8 Å². The van der Waals surface area contributed by atoms with Gasteiger partial charge >= 0.3 is 0 Å². The summed E-state index contributed by atoms with van der Waals surface area (Å²) in [5.41, 5.74) is 7.63. The fourth-order valence-electron chi connectivity index (χ4n) is 2.99. The molecular weight excluding hydrogens is 388 g/mol. The molecule has 2 aromatic carbocycles. The van der Waals surface area contributed by atoms with E-state index in [0.29, 0.717) is 11.1 Å². The number of benzene rings is 2. The van der Waals surface area contributed by atoms with Crippen LogP contribution in [0.4, 0.5) is 5.69 Å². The summed E-state index contributed by atoms with van der Waals surface area (Å²) >= 11 is 5.16. The number of carbonyl (C=O) groups is 3. The van der Waals surface area contributed by atoms with E-state index in [9.17, 15) is 14.4 Å². The van der Waals surface area contributed by atoms with Crippen LogP contribution in [0, 0.1) is 0 Å². The number of imide groups is 1. The predicted molar refractivity (Wildman–Crippen MR) is 114 cm³/mol. The van der Waals surface area contributed by atoms with Crippen LogP contribution in [0.2, 0.25) is 0 Å². The molecule has 0 saturated carbocycles. The number of aryl methyl sites for hydroxylation is 1. The molecule has 1 aliphatic rings. The van der Waals surface area contributed by atoms with Crippen LogP contribution in [0.3, 0.4) is 0 Å². The summed E-state index contributed by atoms with van der Waals surface area (Å²) in [7, 11) is 0. The number of thiocarbonyl (C=S) groups is 1. The first-order valence-corrected chi connectivity index (χ1v) is 9.80. The second-order valence-corrected chi connectivity index (χ2v) is 7.08. The van der Waals surface area contributed by atoms with Crippen molar-refractivity contribution in [1.29, 1.82) is 0 Å². The number of unbranched alkanes of at least 4 members (excludes halogenated alkanes) is 1. The molecule has 1 aliphatic heterocycles. The van der Waals surface area contributed by atoms with Gasteiger partial charge in [0.2, 0.25) is 0 Å². The number of nitrogens with zero attached hydrogens (tertiary/aromatic N) is 1. The molecular formula is C21H22N4O3S. The maximum atomic E-state index is 12.3. The van der Waals surface area contributed by atoms with Crippen molar-refractivity contribution in [3.63, 3.8) is 0 Å². The summed E-state index contributed by atoms with van der Waals surface area (Å²) < 4.78 is 0. The van der Waals surface area contributed by atoms with Crippen LogP contribution in [0.1, 0.15) is 46.0 Å². The van der Waals surface area contributed by atoms with Gasteiger partial charge in [-0.3, -0.25) is 30.1 Å². The van der Waals surface area contributed by atoms with E-state index in [4.69, 9.17) is 12.2 Å². The Morgan fingerprint density at radius 3 is 2.17 bits per heavy atom. The molecule has 2 aromatic rings. The highest BCUT2D eigenvalue weighted by Crippen LogP contribution is 2.21. The summed E-state index contributed by atoms with van der Waals surface area (Å²) in [6, 6.07) is 14.4. The van der Waals surface area contributed by atoms with E-state index in [1.54, 1.807) is 24.3 Å². The van der Waals surface area contributed by atoms with Crippen molar-refractivity contribution in [2.24, 2.45) is 0 Å².